The fourth-order valence-corrected chi connectivity index (χ4v) is 1.25. The minimum atomic E-state index is -4.63. The van der Waals surface area contributed by atoms with Crippen molar-refractivity contribution in [2.45, 2.75) is 12.4 Å². The number of alkyl halides is 3. The van der Waals surface area contributed by atoms with Gasteiger partial charge in [0.15, 0.2) is 0 Å². The third-order valence-corrected chi connectivity index (χ3v) is 2.25. The molecule has 0 radical (unpaired) electrons. The molecule has 1 aromatic carbocycles. The molecular formula is C9H9BrF3NO. The third-order valence-electron chi connectivity index (χ3n) is 1.72. The molecule has 0 aliphatic rings. The molecule has 0 unspecified atom stereocenters. The van der Waals surface area contributed by atoms with Crippen LogP contribution in [-0.4, -0.2) is 13.0 Å². The van der Waals surface area contributed by atoms with Gasteiger partial charge in [-0.05, 0) is 17.7 Å². The average molecular weight is 284 g/mol. The highest BCUT2D eigenvalue weighted by Gasteiger charge is 2.29. The van der Waals surface area contributed by atoms with E-state index in [1.807, 2.05) is 0 Å². The van der Waals surface area contributed by atoms with E-state index < -0.39 is 19.0 Å². The predicted octanol–water partition coefficient (Wildman–Crippen LogP) is 2.99. The van der Waals surface area contributed by atoms with Crippen molar-refractivity contribution in [3.05, 3.63) is 34.3 Å². The number of hydrogen-bond donors (Lipinski definition) is 1. The molecule has 0 bridgehead atoms. The van der Waals surface area contributed by atoms with Crippen molar-refractivity contribution < 1.29 is 17.9 Å². The molecule has 0 heterocycles. The number of rotatable bonds is 3. The molecule has 1 atom stereocenters. The highest BCUT2D eigenvalue weighted by molar-refractivity contribution is 9.10. The van der Waals surface area contributed by atoms with Crippen molar-refractivity contribution in [2.24, 2.45) is 5.73 Å². The fraction of sp³-hybridized carbons (Fsp3) is 0.333. The summed E-state index contributed by atoms with van der Waals surface area (Å²) in [5.41, 5.74) is 6.11. The van der Waals surface area contributed by atoms with Crippen molar-refractivity contribution in [1.29, 1.82) is 0 Å². The SMILES string of the molecule is N[C@@H](COC(F)(F)F)c1ccc(Br)cc1. The van der Waals surface area contributed by atoms with E-state index in [2.05, 4.69) is 20.7 Å². The Bertz CT molecular complexity index is 312. The van der Waals surface area contributed by atoms with Crippen LogP contribution in [0, 0.1) is 0 Å². The second-order valence-electron chi connectivity index (χ2n) is 2.91. The summed E-state index contributed by atoms with van der Waals surface area (Å²) in [6, 6.07) is 5.94. The molecule has 2 N–H and O–H groups in total. The summed E-state index contributed by atoms with van der Waals surface area (Å²) in [5, 5.41) is 0. The Kier molecular flexibility index (Phi) is 4.12. The number of benzene rings is 1. The van der Waals surface area contributed by atoms with E-state index in [0.29, 0.717) is 5.56 Å². The lowest BCUT2D eigenvalue weighted by Crippen LogP contribution is -2.23. The molecule has 0 aliphatic heterocycles. The molecule has 0 saturated heterocycles. The lowest BCUT2D eigenvalue weighted by atomic mass is 10.1. The summed E-state index contributed by atoms with van der Waals surface area (Å²) in [4.78, 5) is 0. The Morgan fingerprint density at radius 1 is 1.27 bits per heavy atom. The summed E-state index contributed by atoms with van der Waals surface area (Å²) in [6.45, 7) is -0.578. The van der Waals surface area contributed by atoms with E-state index in [4.69, 9.17) is 5.73 Å². The Labute approximate surface area is 93.3 Å². The first-order valence-electron chi connectivity index (χ1n) is 4.10. The first-order valence-corrected chi connectivity index (χ1v) is 4.89. The standard InChI is InChI=1S/C9H9BrF3NO/c10-7-3-1-6(2-4-7)8(14)5-15-9(11,12)13/h1-4,8H,5,14H2/t8-/m0/s1. The van der Waals surface area contributed by atoms with Crippen LogP contribution in [0.5, 0.6) is 0 Å². The van der Waals surface area contributed by atoms with Crippen LogP contribution in [0.2, 0.25) is 0 Å². The number of hydrogen-bond acceptors (Lipinski definition) is 2. The van der Waals surface area contributed by atoms with Crippen LogP contribution in [0.15, 0.2) is 28.7 Å². The van der Waals surface area contributed by atoms with E-state index >= 15 is 0 Å². The number of ether oxygens (including phenoxy) is 1. The monoisotopic (exact) mass is 283 g/mol. The molecule has 0 saturated carbocycles. The van der Waals surface area contributed by atoms with Crippen molar-refractivity contribution in [1.82, 2.24) is 0 Å². The molecule has 0 aromatic heterocycles. The van der Waals surface area contributed by atoms with Gasteiger partial charge in [0.1, 0.15) is 0 Å². The van der Waals surface area contributed by atoms with Gasteiger partial charge in [-0.3, -0.25) is 4.74 Å². The van der Waals surface area contributed by atoms with Crippen LogP contribution in [0.25, 0.3) is 0 Å². The molecule has 1 rings (SSSR count). The molecule has 0 spiro atoms. The van der Waals surface area contributed by atoms with Gasteiger partial charge in [-0.2, -0.15) is 0 Å². The summed E-state index contributed by atoms with van der Waals surface area (Å²) >= 11 is 3.21. The molecule has 6 heteroatoms. The normalized spacial score (nSPS) is 13.9. The highest BCUT2D eigenvalue weighted by atomic mass is 79.9. The van der Waals surface area contributed by atoms with Crippen molar-refractivity contribution >= 4 is 15.9 Å². The zero-order valence-corrected chi connectivity index (χ0v) is 9.18. The van der Waals surface area contributed by atoms with Gasteiger partial charge in [0.05, 0.1) is 12.6 Å². The number of nitrogens with two attached hydrogens (primary N) is 1. The predicted molar refractivity (Wildman–Crippen MR) is 53.1 cm³/mol. The Balaban J connectivity index is 2.54. The first-order chi connectivity index (χ1) is 6.88. The van der Waals surface area contributed by atoms with Gasteiger partial charge in [-0.25, -0.2) is 0 Å². The van der Waals surface area contributed by atoms with Crippen molar-refractivity contribution in [3.63, 3.8) is 0 Å². The Morgan fingerprint density at radius 3 is 2.27 bits per heavy atom. The maximum absolute atomic E-state index is 11.7. The van der Waals surface area contributed by atoms with Crippen LogP contribution >= 0.6 is 15.9 Å². The zero-order valence-electron chi connectivity index (χ0n) is 7.59. The lowest BCUT2D eigenvalue weighted by Gasteiger charge is -2.13. The smallest absolute Gasteiger partial charge is 0.322 e. The van der Waals surface area contributed by atoms with Crippen LogP contribution < -0.4 is 5.73 Å². The van der Waals surface area contributed by atoms with Crippen LogP contribution in [0.3, 0.4) is 0 Å². The summed E-state index contributed by atoms with van der Waals surface area (Å²) in [7, 11) is 0. The van der Waals surface area contributed by atoms with Gasteiger partial charge in [-0.1, -0.05) is 28.1 Å². The number of halogens is 4. The second-order valence-corrected chi connectivity index (χ2v) is 3.83. The largest absolute Gasteiger partial charge is 0.522 e. The second kappa shape index (κ2) is 4.96. The maximum atomic E-state index is 11.7. The van der Waals surface area contributed by atoms with Gasteiger partial charge in [0.25, 0.3) is 0 Å². The molecular weight excluding hydrogens is 275 g/mol. The lowest BCUT2D eigenvalue weighted by molar-refractivity contribution is -0.326. The fourth-order valence-electron chi connectivity index (χ4n) is 0.990. The quantitative estimate of drug-likeness (QED) is 0.926. The third kappa shape index (κ3) is 4.63. The molecule has 1 aromatic rings. The zero-order chi connectivity index (χ0) is 11.5. The average Bonchev–Trinajstić information content (AvgIpc) is 2.14. The molecule has 0 fully saturated rings. The van der Waals surface area contributed by atoms with E-state index in [1.165, 1.54) is 0 Å². The summed E-state index contributed by atoms with van der Waals surface area (Å²) in [5.74, 6) is 0. The van der Waals surface area contributed by atoms with Gasteiger partial charge in [0.2, 0.25) is 0 Å². The summed E-state index contributed by atoms with van der Waals surface area (Å²) in [6.07, 6.45) is -4.63. The van der Waals surface area contributed by atoms with Gasteiger partial charge < -0.3 is 5.73 Å². The van der Waals surface area contributed by atoms with E-state index in [1.54, 1.807) is 24.3 Å². The topological polar surface area (TPSA) is 35.2 Å². The molecule has 15 heavy (non-hydrogen) atoms. The van der Waals surface area contributed by atoms with Crippen LogP contribution in [-0.2, 0) is 4.74 Å². The van der Waals surface area contributed by atoms with E-state index in [-0.39, 0.29) is 0 Å². The first kappa shape index (κ1) is 12.5. The van der Waals surface area contributed by atoms with E-state index in [0.717, 1.165) is 4.47 Å². The van der Waals surface area contributed by atoms with E-state index in [9.17, 15) is 13.2 Å². The molecule has 2 nitrogen and oxygen atoms in total. The van der Waals surface area contributed by atoms with Gasteiger partial charge >= 0.3 is 6.36 Å². The van der Waals surface area contributed by atoms with Crippen molar-refractivity contribution in [2.75, 3.05) is 6.61 Å². The highest BCUT2D eigenvalue weighted by Crippen LogP contribution is 2.20. The minimum absolute atomic E-state index is 0.578. The molecule has 84 valence electrons. The molecule has 0 aliphatic carbocycles. The van der Waals surface area contributed by atoms with Gasteiger partial charge in [-0.15, -0.1) is 13.2 Å². The molecule has 0 amide bonds. The van der Waals surface area contributed by atoms with Crippen LogP contribution in [0.1, 0.15) is 11.6 Å². The van der Waals surface area contributed by atoms with Gasteiger partial charge in [0, 0.05) is 4.47 Å². The minimum Gasteiger partial charge on any atom is -0.322 e. The summed E-state index contributed by atoms with van der Waals surface area (Å²) < 4.78 is 39.6. The maximum Gasteiger partial charge on any atom is 0.522 e. The van der Waals surface area contributed by atoms with Crippen LogP contribution in [0.4, 0.5) is 13.2 Å². The van der Waals surface area contributed by atoms with Crippen molar-refractivity contribution in [3.8, 4) is 0 Å². The Morgan fingerprint density at radius 2 is 1.80 bits per heavy atom. The Hall–Kier alpha value is -0.590.